The van der Waals surface area contributed by atoms with Gasteiger partial charge >= 0.3 is 6.16 Å². The van der Waals surface area contributed by atoms with Crippen LogP contribution in [0.4, 0.5) is 10.5 Å². The van der Waals surface area contributed by atoms with Gasteiger partial charge in [-0.05, 0) is 42.6 Å². The first-order valence-electron chi connectivity index (χ1n) is 6.75. The van der Waals surface area contributed by atoms with Gasteiger partial charge in [-0.25, -0.2) is 4.79 Å². The number of aliphatic imine (C=N–C) groups is 1. The second-order valence-corrected chi connectivity index (χ2v) is 6.48. The van der Waals surface area contributed by atoms with Crippen molar-refractivity contribution in [3.63, 3.8) is 0 Å². The lowest BCUT2D eigenvalue weighted by Gasteiger charge is -2.05. The maximum Gasteiger partial charge on any atom is 0.513 e. The monoisotopic (exact) mass is 368 g/mol. The summed E-state index contributed by atoms with van der Waals surface area (Å²) in [6, 6.07) is 5.15. The van der Waals surface area contributed by atoms with Gasteiger partial charge in [0.05, 0.1) is 4.92 Å². The van der Waals surface area contributed by atoms with Crippen LogP contribution >= 0.6 is 21.6 Å². The second kappa shape index (κ2) is 11.3. The summed E-state index contributed by atoms with van der Waals surface area (Å²) in [7, 11) is 2.89. The van der Waals surface area contributed by atoms with Gasteiger partial charge in [0, 0.05) is 17.9 Å². The summed E-state index contributed by atoms with van der Waals surface area (Å²) in [4.78, 5) is 25.3. The molecule has 7 nitrogen and oxygen atoms in total. The average Bonchev–Trinajstić information content (AvgIpc) is 2.57. The standard InChI is InChI=1S/C15H16N2O5S2/c1-3-4-5-14(16-2)24-23-11-10-21-15(18)22-13-8-6-12(7-9-13)17(19)20/h3-9H,2,10-11H2,1H3/b4-3-,14-5+. The topological polar surface area (TPSA) is 91.0 Å². The molecule has 0 aliphatic rings. The molecule has 0 fully saturated rings. The summed E-state index contributed by atoms with van der Waals surface area (Å²) in [6.45, 7) is 5.54. The van der Waals surface area contributed by atoms with Crippen LogP contribution in [0.5, 0.6) is 5.75 Å². The number of ether oxygens (including phenoxy) is 2. The Hall–Kier alpha value is -2.26. The van der Waals surface area contributed by atoms with Gasteiger partial charge < -0.3 is 9.47 Å². The van der Waals surface area contributed by atoms with Gasteiger partial charge in [0.2, 0.25) is 0 Å². The first kappa shape index (κ1) is 19.8. The maximum atomic E-state index is 11.5. The Bertz CT molecular complexity index is 629. The van der Waals surface area contributed by atoms with E-state index in [0.717, 1.165) is 5.03 Å². The molecule has 1 aromatic carbocycles. The van der Waals surface area contributed by atoms with E-state index in [4.69, 9.17) is 9.47 Å². The van der Waals surface area contributed by atoms with Gasteiger partial charge in [-0.3, -0.25) is 15.1 Å². The summed E-state index contributed by atoms with van der Waals surface area (Å²) in [6.07, 6.45) is 4.71. The predicted octanol–water partition coefficient (Wildman–Crippen LogP) is 4.61. The molecule has 0 saturated carbocycles. The Morgan fingerprint density at radius 2 is 2.12 bits per heavy atom. The van der Waals surface area contributed by atoms with Crippen LogP contribution in [0.25, 0.3) is 0 Å². The third kappa shape index (κ3) is 7.84. The smallest absolute Gasteiger partial charge is 0.433 e. The van der Waals surface area contributed by atoms with Crippen LogP contribution in [0.3, 0.4) is 0 Å². The van der Waals surface area contributed by atoms with E-state index in [0.29, 0.717) is 5.75 Å². The lowest BCUT2D eigenvalue weighted by atomic mass is 10.3. The average molecular weight is 368 g/mol. The fourth-order valence-electron chi connectivity index (χ4n) is 1.31. The molecule has 0 N–H and O–H groups in total. The Labute approximate surface area is 147 Å². The molecule has 0 aliphatic heterocycles. The molecule has 0 aliphatic carbocycles. The number of non-ortho nitro benzene ring substituents is 1. The van der Waals surface area contributed by atoms with Crippen molar-refractivity contribution in [3.8, 4) is 5.75 Å². The van der Waals surface area contributed by atoms with Gasteiger partial charge in [-0.1, -0.05) is 22.9 Å². The zero-order chi connectivity index (χ0) is 17.8. The van der Waals surface area contributed by atoms with Crippen molar-refractivity contribution >= 4 is 40.1 Å². The molecule has 0 radical (unpaired) electrons. The second-order valence-electron chi connectivity index (χ2n) is 4.05. The number of allylic oxidation sites excluding steroid dienone is 3. The van der Waals surface area contributed by atoms with E-state index < -0.39 is 11.1 Å². The number of carbonyl (C=O) groups excluding carboxylic acids is 1. The summed E-state index contributed by atoms with van der Waals surface area (Å²) >= 11 is 0. The largest absolute Gasteiger partial charge is 0.513 e. The van der Waals surface area contributed by atoms with Crippen molar-refractivity contribution < 1.29 is 19.2 Å². The zero-order valence-corrected chi connectivity index (χ0v) is 14.5. The SMILES string of the molecule is C=N/C(=C\C=C/C)SSCCOC(=O)Oc1ccc([N+](=O)[O-])cc1. The molecular formula is C15H16N2O5S2. The number of nitro benzene ring substituents is 1. The van der Waals surface area contributed by atoms with E-state index in [9.17, 15) is 14.9 Å². The fraction of sp³-hybridized carbons (Fsp3) is 0.200. The quantitative estimate of drug-likeness (QED) is 0.0918. The molecule has 0 unspecified atom stereocenters. The molecule has 0 aromatic heterocycles. The Morgan fingerprint density at radius 3 is 2.71 bits per heavy atom. The van der Waals surface area contributed by atoms with E-state index in [1.807, 2.05) is 25.2 Å². The Morgan fingerprint density at radius 1 is 1.42 bits per heavy atom. The first-order valence-corrected chi connectivity index (χ1v) is 9.07. The first-order chi connectivity index (χ1) is 11.6. The van der Waals surface area contributed by atoms with E-state index in [-0.39, 0.29) is 18.0 Å². The van der Waals surface area contributed by atoms with Gasteiger partial charge in [-0.15, -0.1) is 0 Å². The highest BCUT2D eigenvalue weighted by Crippen LogP contribution is 2.30. The molecule has 1 rings (SSSR count). The van der Waals surface area contributed by atoms with Gasteiger partial charge in [0.15, 0.2) is 0 Å². The van der Waals surface area contributed by atoms with Crippen LogP contribution in [0, 0.1) is 10.1 Å². The van der Waals surface area contributed by atoms with E-state index >= 15 is 0 Å². The van der Waals surface area contributed by atoms with Crippen molar-refractivity contribution in [2.45, 2.75) is 6.92 Å². The Kier molecular flexibility index (Phi) is 9.32. The number of rotatable bonds is 9. The molecular weight excluding hydrogens is 352 g/mol. The summed E-state index contributed by atoms with van der Waals surface area (Å²) in [5, 5.41) is 11.3. The third-order valence-electron chi connectivity index (χ3n) is 2.37. The highest BCUT2D eigenvalue weighted by atomic mass is 33.1. The van der Waals surface area contributed by atoms with E-state index in [2.05, 4.69) is 11.7 Å². The highest BCUT2D eigenvalue weighted by Gasteiger charge is 2.09. The minimum absolute atomic E-state index is 0.0817. The van der Waals surface area contributed by atoms with Crippen LogP contribution in [0.2, 0.25) is 0 Å². The maximum absolute atomic E-state index is 11.5. The molecule has 1 aromatic rings. The van der Waals surface area contributed by atoms with Crippen LogP contribution in [0.15, 0.2) is 52.5 Å². The van der Waals surface area contributed by atoms with Gasteiger partial charge in [0.25, 0.3) is 5.69 Å². The number of benzene rings is 1. The zero-order valence-electron chi connectivity index (χ0n) is 12.9. The number of nitro groups is 1. The molecule has 0 heterocycles. The molecule has 0 amide bonds. The van der Waals surface area contributed by atoms with E-state index in [1.165, 1.54) is 45.9 Å². The lowest BCUT2D eigenvalue weighted by Crippen LogP contribution is -2.12. The van der Waals surface area contributed by atoms with Crippen LogP contribution < -0.4 is 4.74 Å². The van der Waals surface area contributed by atoms with Gasteiger partial charge in [0.1, 0.15) is 17.4 Å². The van der Waals surface area contributed by atoms with Crippen LogP contribution in [0.1, 0.15) is 6.92 Å². The van der Waals surface area contributed by atoms with Crippen LogP contribution in [-0.2, 0) is 4.74 Å². The molecule has 0 spiro atoms. The molecule has 128 valence electrons. The fourth-order valence-corrected chi connectivity index (χ4v) is 2.99. The molecule has 9 heteroatoms. The normalized spacial score (nSPS) is 11.3. The molecule has 0 saturated heterocycles. The van der Waals surface area contributed by atoms with Crippen molar-refractivity contribution in [3.05, 3.63) is 57.6 Å². The highest BCUT2D eigenvalue weighted by molar-refractivity contribution is 8.78. The van der Waals surface area contributed by atoms with Crippen molar-refractivity contribution in [1.29, 1.82) is 0 Å². The summed E-state index contributed by atoms with van der Waals surface area (Å²) < 4.78 is 9.81. The van der Waals surface area contributed by atoms with Crippen LogP contribution in [-0.4, -0.2) is 30.2 Å². The third-order valence-corrected chi connectivity index (χ3v) is 4.62. The minimum atomic E-state index is -0.860. The minimum Gasteiger partial charge on any atom is -0.433 e. The molecule has 24 heavy (non-hydrogen) atoms. The lowest BCUT2D eigenvalue weighted by molar-refractivity contribution is -0.384. The van der Waals surface area contributed by atoms with Crippen molar-refractivity contribution in [1.82, 2.24) is 0 Å². The molecule has 0 bridgehead atoms. The number of hydrogen-bond donors (Lipinski definition) is 0. The summed E-state index contributed by atoms with van der Waals surface area (Å²) in [5.74, 6) is 0.725. The number of hydrogen-bond acceptors (Lipinski definition) is 8. The van der Waals surface area contributed by atoms with Crippen molar-refractivity contribution in [2.75, 3.05) is 12.4 Å². The number of nitrogens with zero attached hydrogens (tertiary/aromatic N) is 2. The van der Waals surface area contributed by atoms with Crippen molar-refractivity contribution in [2.24, 2.45) is 4.99 Å². The predicted molar refractivity (Wildman–Crippen MR) is 97.6 cm³/mol. The van der Waals surface area contributed by atoms with E-state index in [1.54, 1.807) is 0 Å². The summed E-state index contributed by atoms with van der Waals surface area (Å²) in [5.41, 5.74) is -0.0817. The Balaban J connectivity index is 2.26. The van der Waals surface area contributed by atoms with Gasteiger partial charge in [-0.2, -0.15) is 0 Å². The number of carbonyl (C=O) groups is 1. The molecule has 0 atom stereocenters.